The average molecular weight is 250 g/mol. The summed E-state index contributed by atoms with van der Waals surface area (Å²) in [7, 11) is 0. The largest absolute Gasteiger partial charge is 0.369 e. The highest BCUT2D eigenvalue weighted by Crippen LogP contribution is 2.22. The fraction of sp³-hybridized carbons (Fsp3) is 0.600. The maximum Gasteiger partial charge on any atom is 0.146 e. The number of hydrogen-bond acceptors (Lipinski definition) is 2. The van der Waals surface area contributed by atoms with E-state index in [0.717, 1.165) is 37.3 Å². The molecule has 1 aromatic rings. The molecular formula is C15H23FN2. The minimum Gasteiger partial charge on any atom is -0.369 e. The SMILES string of the molecule is CCCN(CC)c1ccc(CNC2CC2)cc1F. The Bertz CT molecular complexity index is 388. The average Bonchev–Trinajstić information content (AvgIpc) is 3.18. The molecule has 2 rings (SSSR count). The van der Waals surface area contributed by atoms with Gasteiger partial charge in [0, 0.05) is 25.7 Å². The van der Waals surface area contributed by atoms with Gasteiger partial charge in [0.15, 0.2) is 0 Å². The fourth-order valence-electron chi connectivity index (χ4n) is 2.19. The van der Waals surface area contributed by atoms with Crippen molar-refractivity contribution in [3.63, 3.8) is 0 Å². The lowest BCUT2D eigenvalue weighted by Crippen LogP contribution is -2.24. The number of rotatable bonds is 7. The van der Waals surface area contributed by atoms with Crippen molar-refractivity contribution in [1.82, 2.24) is 5.32 Å². The Morgan fingerprint density at radius 2 is 2.11 bits per heavy atom. The van der Waals surface area contributed by atoms with Crippen LogP contribution >= 0.6 is 0 Å². The fourth-order valence-corrected chi connectivity index (χ4v) is 2.19. The highest BCUT2D eigenvalue weighted by Gasteiger charge is 2.20. The number of anilines is 1. The van der Waals surface area contributed by atoms with E-state index < -0.39 is 0 Å². The molecule has 0 heterocycles. The number of nitrogens with zero attached hydrogens (tertiary/aromatic N) is 1. The van der Waals surface area contributed by atoms with Crippen LogP contribution in [0.15, 0.2) is 18.2 Å². The van der Waals surface area contributed by atoms with Crippen molar-refractivity contribution in [2.45, 2.75) is 45.7 Å². The van der Waals surface area contributed by atoms with Crippen LogP contribution in [0.25, 0.3) is 0 Å². The van der Waals surface area contributed by atoms with Gasteiger partial charge >= 0.3 is 0 Å². The zero-order chi connectivity index (χ0) is 13.0. The normalized spacial score (nSPS) is 14.8. The molecule has 2 nitrogen and oxygen atoms in total. The van der Waals surface area contributed by atoms with E-state index in [9.17, 15) is 4.39 Å². The minimum atomic E-state index is -0.0969. The van der Waals surface area contributed by atoms with Crippen LogP contribution in [0.4, 0.5) is 10.1 Å². The van der Waals surface area contributed by atoms with Gasteiger partial charge in [-0.25, -0.2) is 4.39 Å². The van der Waals surface area contributed by atoms with Crippen molar-refractivity contribution in [2.75, 3.05) is 18.0 Å². The second-order valence-electron chi connectivity index (χ2n) is 5.02. The maximum atomic E-state index is 14.1. The molecule has 3 heteroatoms. The standard InChI is InChI=1S/C15H23FN2/c1-3-9-18(4-2)15-8-5-12(10-14(15)16)11-17-13-6-7-13/h5,8,10,13,17H,3-4,6-7,9,11H2,1-2H3. The molecule has 0 spiro atoms. The number of hydrogen-bond donors (Lipinski definition) is 1. The summed E-state index contributed by atoms with van der Waals surface area (Å²) in [6.07, 6.45) is 3.57. The minimum absolute atomic E-state index is 0.0969. The lowest BCUT2D eigenvalue weighted by atomic mass is 10.1. The summed E-state index contributed by atoms with van der Waals surface area (Å²) < 4.78 is 14.1. The zero-order valence-corrected chi connectivity index (χ0v) is 11.4. The first-order valence-electron chi connectivity index (χ1n) is 7.01. The van der Waals surface area contributed by atoms with Crippen LogP contribution in [0.1, 0.15) is 38.7 Å². The molecule has 0 saturated heterocycles. The van der Waals surface area contributed by atoms with Gasteiger partial charge in [0.05, 0.1) is 5.69 Å². The predicted octanol–water partition coefficient (Wildman–Crippen LogP) is 3.31. The van der Waals surface area contributed by atoms with E-state index in [1.807, 2.05) is 12.1 Å². The first kappa shape index (κ1) is 13.3. The Labute approximate surface area is 109 Å². The predicted molar refractivity (Wildman–Crippen MR) is 74.4 cm³/mol. The van der Waals surface area contributed by atoms with Crippen LogP contribution in [0.5, 0.6) is 0 Å². The smallest absolute Gasteiger partial charge is 0.146 e. The molecule has 0 atom stereocenters. The van der Waals surface area contributed by atoms with Crippen molar-refractivity contribution < 1.29 is 4.39 Å². The van der Waals surface area contributed by atoms with E-state index in [1.165, 1.54) is 12.8 Å². The van der Waals surface area contributed by atoms with Crippen molar-refractivity contribution in [3.8, 4) is 0 Å². The Kier molecular flexibility index (Phi) is 4.59. The van der Waals surface area contributed by atoms with E-state index >= 15 is 0 Å². The molecule has 1 aromatic carbocycles. The highest BCUT2D eigenvalue weighted by molar-refractivity contribution is 5.49. The Hall–Kier alpha value is -1.09. The van der Waals surface area contributed by atoms with E-state index in [4.69, 9.17) is 0 Å². The number of nitrogens with one attached hydrogen (secondary N) is 1. The summed E-state index contributed by atoms with van der Waals surface area (Å²) in [6, 6.07) is 6.29. The molecule has 0 aromatic heterocycles. The molecule has 1 saturated carbocycles. The van der Waals surface area contributed by atoms with Gasteiger partial charge in [-0.2, -0.15) is 0 Å². The van der Waals surface area contributed by atoms with E-state index in [1.54, 1.807) is 6.07 Å². The summed E-state index contributed by atoms with van der Waals surface area (Å²) in [5, 5.41) is 3.41. The molecule has 0 aliphatic heterocycles. The number of halogens is 1. The molecule has 0 bridgehead atoms. The summed E-state index contributed by atoms with van der Waals surface area (Å²) in [5.41, 5.74) is 1.77. The van der Waals surface area contributed by atoms with Gasteiger partial charge in [0.1, 0.15) is 5.82 Å². The summed E-state index contributed by atoms with van der Waals surface area (Å²) in [4.78, 5) is 2.09. The molecule has 18 heavy (non-hydrogen) atoms. The third-order valence-corrected chi connectivity index (χ3v) is 3.40. The Morgan fingerprint density at radius 1 is 1.33 bits per heavy atom. The van der Waals surface area contributed by atoms with E-state index in [2.05, 4.69) is 24.1 Å². The van der Waals surface area contributed by atoms with Crippen LogP contribution in [0.3, 0.4) is 0 Å². The van der Waals surface area contributed by atoms with E-state index in [0.29, 0.717) is 6.04 Å². The van der Waals surface area contributed by atoms with Gasteiger partial charge in [0.25, 0.3) is 0 Å². The molecule has 0 radical (unpaired) electrons. The van der Waals surface area contributed by atoms with Crippen molar-refractivity contribution in [1.29, 1.82) is 0 Å². The maximum absolute atomic E-state index is 14.1. The van der Waals surface area contributed by atoms with Crippen LogP contribution in [0, 0.1) is 5.82 Å². The van der Waals surface area contributed by atoms with Crippen molar-refractivity contribution >= 4 is 5.69 Å². The second-order valence-corrected chi connectivity index (χ2v) is 5.02. The first-order chi connectivity index (χ1) is 8.74. The first-order valence-corrected chi connectivity index (χ1v) is 7.01. The number of benzene rings is 1. The third-order valence-electron chi connectivity index (χ3n) is 3.40. The molecule has 1 aliphatic carbocycles. The topological polar surface area (TPSA) is 15.3 Å². The van der Waals surface area contributed by atoms with Crippen LogP contribution < -0.4 is 10.2 Å². The lowest BCUT2D eigenvalue weighted by molar-refractivity contribution is 0.610. The molecule has 0 amide bonds. The van der Waals surface area contributed by atoms with Gasteiger partial charge in [-0.1, -0.05) is 13.0 Å². The van der Waals surface area contributed by atoms with Crippen LogP contribution in [-0.2, 0) is 6.54 Å². The molecular weight excluding hydrogens is 227 g/mol. The molecule has 1 fully saturated rings. The van der Waals surface area contributed by atoms with Gasteiger partial charge in [-0.15, -0.1) is 0 Å². The summed E-state index contributed by atoms with van der Waals surface area (Å²) >= 11 is 0. The molecule has 100 valence electrons. The van der Waals surface area contributed by atoms with Gasteiger partial charge in [-0.3, -0.25) is 0 Å². The zero-order valence-electron chi connectivity index (χ0n) is 11.4. The van der Waals surface area contributed by atoms with Gasteiger partial charge < -0.3 is 10.2 Å². The highest BCUT2D eigenvalue weighted by atomic mass is 19.1. The molecule has 1 aliphatic rings. The van der Waals surface area contributed by atoms with Crippen molar-refractivity contribution in [3.05, 3.63) is 29.6 Å². The summed E-state index contributed by atoms with van der Waals surface area (Å²) in [5.74, 6) is -0.0969. The lowest BCUT2D eigenvalue weighted by Gasteiger charge is -2.23. The molecule has 0 unspecified atom stereocenters. The summed E-state index contributed by atoms with van der Waals surface area (Å²) in [6.45, 7) is 6.73. The third kappa shape index (κ3) is 3.45. The monoisotopic (exact) mass is 250 g/mol. The van der Waals surface area contributed by atoms with Crippen molar-refractivity contribution in [2.24, 2.45) is 0 Å². The van der Waals surface area contributed by atoms with Gasteiger partial charge in [0.2, 0.25) is 0 Å². The Morgan fingerprint density at radius 3 is 2.67 bits per heavy atom. The van der Waals surface area contributed by atoms with Gasteiger partial charge in [-0.05, 0) is 43.9 Å². The Balaban J connectivity index is 2.02. The quantitative estimate of drug-likeness (QED) is 0.798. The van der Waals surface area contributed by atoms with Crippen LogP contribution in [-0.4, -0.2) is 19.1 Å². The molecule has 1 N–H and O–H groups in total. The van der Waals surface area contributed by atoms with E-state index in [-0.39, 0.29) is 5.82 Å². The van der Waals surface area contributed by atoms with Crippen LogP contribution in [0.2, 0.25) is 0 Å². The second kappa shape index (κ2) is 6.19.